The van der Waals surface area contributed by atoms with Crippen LogP contribution in [0, 0.1) is 0 Å². The van der Waals surface area contributed by atoms with Gasteiger partial charge < -0.3 is 10.1 Å². The van der Waals surface area contributed by atoms with Crippen LogP contribution in [0.15, 0.2) is 12.4 Å². The van der Waals surface area contributed by atoms with E-state index >= 15 is 0 Å². The van der Waals surface area contributed by atoms with E-state index < -0.39 is 0 Å². The second-order valence-corrected chi connectivity index (χ2v) is 4.97. The van der Waals surface area contributed by atoms with Gasteiger partial charge >= 0.3 is 6.03 Å². The number of amides is 2. The van der Waals surface area contributed by atoms with Crippen molar-refractivity contribution in [3.8, 4) is 0 Å². The summed E-state index contributed by atoms with van der Waals surface area (Å²) in [6, 6.07) is 0.381. The van der Waals surface area contributed by atoms with Crippen molar-refractivity contribution in [1.82, 2.24) is 20.0 Å². The van der Waals surface area contributed by atoms with Gasteiger partial charge in [-0.05, 0) is 0 Å². The zero-order valence-corrected chi connectivity index (χ0v) is 11.1. The fourth-order valence-electron chi connectivity index (χ4n) is 2.50. The number of carbonyl (C=O) groups is 1. The second-order valence-electron chi connectivity index (χ2n) is 4.97. The first-order valence-electron chi connectivity index (χ1n) is 6.59. The lowest BCUT2D eigenvalue weighted by Crippen LogP contribution is -2.48. The maximum atomic E-state index is 11.6. The Morgan fingerprint density at radius 1 is 1.53 bits per heavy atom. The van der Waals surface area contributed by atoms with Crippen molar-refractivity contribution >= 4 is 11.7 Å². The number of carbonyl (C=O) groups excluding carboxylic acids is 1. The molecule has 7 heteroatoms. The minimum absolute atomic E-state index is 0.0325. The molecule has 104 valence electrons. The van der Waals surface area contributed by atoms with E-state index in [1.165, 1.54) is 0 Å². The molecule has 0 bridgehead atoms. The number of rotatable bonds is 5. The molecule has 1 N–H and O–H groups in total. The molecule has 2 aliphatic heterocycles. The highest BCUT2D eigenvalue weighted by Gasteiger charge is 2.29. The zero-order chi connectivity index (χ0) is 13.2. The van der Waals surface area contributed by atoms with Crippen LogP contribution in [0.3, 0.4) is 0 Å². The Morgan fingerprint density at radius 3 is 3.05 bits per heavy atom. The molecule has 0 radical (unpaired) electrons. The second kappa shape index (κ2) is 5.18. The van der Waals surface area contributed by atoms with Crippen LogP contribution in [0.25, 0.3) is 0 Å². The highest BCUT2D eigenvalue weighted by Crippen LogP contribution is 2.23. The summed E-state index contributed by atoms with van der Waals surface area (Å²) in [4.78, 5) is 15.6. The first kappa shape index (κ1) is 12.4. The predicted octanol–water partition coefficient (Wildman–Crippen LogP) is -0.0842. The lowest BCUT2D eigenvalue weighted by Gasteiger charge is -2.38. The van der Waals surface area contributed by atoms with Crippen molar-refractivity contribution < 1.29 is 9.53 Å². The Hall–Kier alpha value is -1.60. The molecule has 2 saturated heterocycles. The molecule has 7 nitrogen and oxygen atoms in total. The summed E-state index contributed by atoms with van der Waals surface area (Å²) in [5.41, 5.74) is 0.880. The summed E-state index contributed by atoms with van der Waals surface area (Å²) in [7, 11) is 1.72. The number of ether oxygens (including phenoxy) is 1. The van der Waals surface area contributed by atoms with Gasteiger partial charge in [-0.1, -0.05) is 0 Å². The van der Waals surface area contributed by atoms with Crippen LogP contribution in [-0.2, 0) is 4.74 Å². The zero-order valence-electron chi connectivity index (χ0n) is 11.1. The Labute approximate surface area is 112 Å². The van der Waals surface area contributed by atoms with Crippen LogP contribution in [0.1, 0.15) is 6.04 Å². The molecule has 0 spiro atoms. The first-order valence-corrected chi connectivity index (χ1v) is 6.59. The van der Waals surface area contributed by atoms with E-state index in [0.717, 1.165) is 38.5 Å². The minimum Gasteiger partial charge on any atom is -0.383 e. The smallest absolute Gasteiger partial charge is 0.322 e. The first-order chi connectivity index (χ1) is 9.28. The summed E-state index contributed by atoms with van der Waals surface area (Å²) in [6.07, 6.45) is 3.73. The quantitative estimate of drug-likeness (QED) is 0.808. The highest BCUT2D eigenvalue weighted by atomic mass is 16.5. The SMILES string of the molecule is COCCN1CC(n2cc(N3CCNC3=O)cn2)C1. The molecular formula is C12H19N5O2. The number of hydrogen-bond donors (Lipinski definition) is 1. The van der Waals surface area contributed by atoms with Gasteiger partial charge in [-0.15, -0.1) is 0 Å². The van der Waals surface area contributed by atoms with Gasteiger partial charge in [0, 0.05) is 46.0 Å². The van der Waals surface area contributed by atoms with Crippen LogP contribution in [0.5, 0.6) is 0 Å². The topological polar surface area (TPSA) is 62.6 Å². The van der Waals surface area contributed by atoms with E-state index in [4.69, 9.17) is 4.74 Å². The monoisotopic (exact) mass is 265 g/mol. The third-order valence-electron chi connectivity index (χ3n) is 3.68. The molecular weight excluding hydrogens is 246 g/mol. The van der Waals surface area contributed by atoms with E-state index in [1.54, 1.807) is 18.2 Å². The Balaban J connectivity index is 1.56. The van der Waals surface area contributed by atoms with Gasteiger partial charge in [0.1, 0.15) is 0 Å². The summed E-state index contributed by atoms with van der Waals surface area (Å²) < 4.78 is 7.02. The van der Waals surface area contributed by atoms with Gasteiger partial charge in [0.15, 0.2) is 0 Å². The van der Waals surface area contributed by atoms with Crippen LogP contribution in [0.2, 0.25) is 0 Å². The van der Waals surface area contributed by atoms with Gasteiger partial charge in [-0.25, -0.2) is 4.79 Å². The Bertz CT molecular complexity index is 455. The maximum absolute atomic E-state index is 11.6. The van der Waals surface area contributed by atoms with E-state index in [0.29, 0.717) is 12.6 Å². The molecule has 19 heavy (non-hydrogen) atoms. The van der Waals surface area contributed by atoms with Gasteiger partial charge in [-0.2, -0.15) is 5.10 Å². The summed E-state index contributed by atoms with van der Waals surface area (Å²) in [6.45, 7) is 5.15. The van der Waals surface area contributed by atoms with Crippen LogP contribution in [-0.4, -0.2) is 67.2 Å². The molecule has 0 aromatic carbocycles. The average Bonchev–Trinajstić information content (AvgIpc) is 2.96. The van der Waals surface area contributed by atoms with Gasteiger partial charge in [0.25, 0.3) is 0 Å². The number of anilines is 1. The Kier molecular flexibility index (Phi) is 3.39. The number of aromatic nitrogens is 2. The van der Waals surface area contributed by atoms with Gasteiger partial charge in [-0.3, -0.25) is 14.5 Å². The number of likely N-dealkylation sites (tertiary alicyclic amines) is 1. The molecule has 3 rings (SSSR count). The maximum Gasteiger partial charge on any atom is 0.322 e. The molecule has 1 aromatic heterocycles. The van der Waals surface area contributed by atoms with Crippen molar-refractivity contribution in [3.05, 3.63) is 12.4 Å². The number of nitrogens with zero attached hydrogens (tertiary/aromatic N) is 4. The normalized spacial score (nSPS) is 20.7. The van der Waals surface area contributed by atoms with E-state index in [-0.39, 0.29) is 6.03 Å². The van der Waals surface area contributed by atoms with Crippen molar-refractivity contribution in [2.75, 3.05) is 51.3 Å². The third-order valence-corrected chi connectivity index (χ3v) is 3.68. The van der Waals surface area contributed by atoms with Crippen LogP contribution >= 0.6 is 0 Å². The van der Waals surface area contributed by atoms with Gasteiger partial charge in [0.05, 0.1) is 24.5 Å². The minimum atomic E-state index is -0.0325. The molecule has 3 heterocycles. The van der Waals surface area contributed by atoms with Crippen LogP contribution < -0.4 is 10.2 Å². The third kappa shape index (κ3) is 2.43. The lowest BCUT2D eigenvalue weighted by atomic mass is 10.1. The van der Waals surface area contributed by atoms with Gasteiger partial charge in [0.2, 0.25) is 0 Å². The summed E-state index contributed by atoms with van der Waals surface area (Å²) in [5.74, 6) is 0. The predicted molar refractivity (Wildman–Crippen MR) is 70.3 cm³/mol. The molecule has 2 amide bonds. The molecule has 0 atom stereocenters. The molecule has 0 saturated carbocycles. The molecule has 0 aliphatic carbocycles. The van der Waals surface area contributed by atoms with E-state index in [9.17, 15) is 4.79 Å². The Morgan fingerprint density at radius 2 is 2.37 bits per heavy atom. The van der Waals surface area contributed by atoms with Crippen molar-refractivity contribution in [1.29, 1.82) is 0 Å². The van der Waals surface area contributed by atoms with Crippen molar-refractivity contribution in [2.45, 2.75) is 6.04 Å². The highest BCUT2D eigenvalue weighted by molar-refractivity contribution is 5.93. The van der Waals surface area contributed by atoms with Crippen LogP contribution in [0.4, 0.5) is 10.5 Å². The van der Waals surface area contributed by atoms with Crippen molar-refractivity contribution in [3.63, 3.8) is 0 Å². The number of methoxy groups -OCH3 is 1. The van der Waals surface area contributed by atoms with E-state index in [2.05, 4.69) is 15.3 Å². The molecule has 0 unspecified atom stereocenters. The van der Waals surface area contributed by atoms with E-state index in [1.807, 2.05) is 10.9 Å². The lowest BCUT2D eigenvalue weighted by molar-refractivity contribution is 0.0645. The number of urea groups is 1. The fourth-order valence-corrected chi connectivity index (χ4v) is 2.50. The number of hydrogen-bond acceptors (Lipinski definition) is 4. The molecule has 2 fully saturated rings. The fraction of sp³-hybridized carbons (Fsp3) is 0.667. The average molecular weight is 265 g/mol. The van der Waals surface area contributed by atoms with Crippen molar-refractivity contribution in [2.24, 2.45) is 0 Å². The largest absolute Gasteiger partial charge is 0.383 e. The summed E-state index contributed by atoms with van der Waals surface area (Å²) in [5, 5.41) is 7.16. The molecule has 1 aromatic rings. The summed E-state index contributed by atoms with van der Waals surface area (Å²) >= 11 is 0. The standard InChI is InChI=1S/C12H19N5O2/c1-19-5-4-15-7-11(8-15)17-9-10(6-14-17)16-3-2-13-12(16)18/h6,9,11H,2-5,7-8H2,1H3,(H,13,18). The number of nitrogens with one attached hydrogen (secondary N) is 1. The molecule has 2 aliphatic rings.